The summed E-state index contributed by atoms with van der Waals surface area (Å²) in [4.78, 5) is 46.4. The zero-order chi connectivity index (χ0) is 23.6. The maximum Gasteiger partial charge on any atom is 0.351 e. The normalized spacial score (nSPS) is 28.5. The third-order valence-electron chi connectivity index (χ3n) is 4.55. The van der Waals surface area contributed by atoms with E-state index in [4.69, 9.17) is 25.6 Å². The van der Waals surface area contributed by atoms with E-state index in [1.165, 1.54) is 30.0 Å². The molecule has 0 aliphatic heterocycles. The minimum Gasteiger partial charge on any atom is -0.378 e. The first-order valence-corrected chi connectivity index (χ1v) is 13.6. The number of nitrogens with zero attached hydrogens (tertiary/aromatic N) is 1. The quantitative estimate of drug-likeness (QED) is 0.454. The lowest BCUT2D eigenvalue weighted by Crippen LogP contribution is -2.39. The molecule has 0 bridgehead atoms. The van der Waals surface area contributed by atoms with Crippen LogP contribution < -0.4 is 11.2 Å². The average Bonchev–Trinajstić information content (AvgIpc) is 2.94. The highest BCUT2D eigenvalue weighted by Gasteiger charge is 2.47. The fourth-order valence-corrected chi connectivity index (χ4v) is 6.23. The summed E-state index contributed by atoms with van der Waals surface area (Å²) in [5.74, 6) is 0.526. The molecular weight excluding hydrogens is 470 g/mol. The van der Waals surface area contributed by atoms with Gasteiger partial charge < -0.3 is 28.1 Å². The number of hydrogen-bond donors (Lipinski definition) is 3. The molecule has 1 aromatic heterocycles. The van der Waals surface area contributed by atoms with Gasteiger partial charge in [0.25, 0.3) is 5.56 Å². The van der Waals surface area contributed by atoms with E-state index in [0.29, 0.717) is 0 Å². The van der Waals surface area contributed by atoms with E-state index in [-0.39, 0.29) is 6.42 Å². The Bertz CT molecular complexity index is 1020. The van der Waals surface area contributed by atoms with Crippen LogP contribution in [0.4, 0.5) is 0 Å². The van der Waals surface area contributed by atoms with Gasteiger partial charge in [-0.3, -0.25) is 18.9 Å². The van der Waals surface area contributed by atoms with Gasteiger partial charge in [-0.1, -0.05) is 6.08 Å². The molecule has 14 heteroatoms. The van der Waals surface area contributed by atoms with Crippen LogP contribution in [-0.2, 0) is 34.7 Å². The lowest BCUT2D eigenvalue weighted by Gasteiger charge is -2.32. The van der Waals surface area contributed by atoms with Gasteiger partial charge in [0.1, 0.15) is 6.10 Å². The average molecular weight is 498 g/mol. The summed E-state index contributed by atoms with van der Waals surface area (Å²) in [5, 5.41) is 0. The zero-order valence-electron chi connectivity index (χ0n) is 17.8. The van der Waals surface area contributed by atoms with Gasteiger partial charge in [-0.05, 0) is 39.0 Å². The predicted octanol–water partition coefficient (Wildman–Crippen LogP) is 1.88. The van der Waals surface area contributed by atoms with Gasteiger partial charge in [0.15, 0.2) is 0 Å². The fraction of sp³-hybridized carbons (Fsp3) is 0.647. The monoisotopic (exact) mass is 498 g/mol. The molecule has 2 unspecified atom stereocenters. The molecule has 0 aromatic carbocycles. The van der Waals surface area contributed by atoms with Crippen LogP contribution in [0.15, 0.2) is 33.7 Å². The molecule has 0 spiro atoms. The van der Waals surface area contributed by atoms with Crippen molar-refractivity contribution in [3.63, 3.8) is 0 Å². The molecule has 0 saturated heterocycles. The first-order valence-electron chi connectivity index (χ1n) is 9.32. The van der Waals surface area contributed by atoms with Crippen LogP contribution in [0, 0.1) is 5.92 Å². The lowest BCUT2D eigenvalue weighted by atomic mass is 10.1. The Morgan fingerprint density at radius 3 is 2.42 bits per heavy atom. The molecule has 176 valence electrons. The minimum atomic E-state index is -3.94. The van der Waals surface area contributed by atoms with Crippen LogP contribution in [0.3, 0.4) is 0 Å². The maximum absolute atomic E-state index is 12.4. The van der Waals surface area contributed by atoms with E-state index < -0.39 is 55.3 Å². The molecule has 1 aromatic rings. The Morgan fingerprint density at radius 2 is 1.90 bits per heavy atom. The van der Waals surface area contributed by atoms with Crippen molar-refractivity contribution in [1.82, 2.24) is 9.55 Å². The van der Waals surface area contributed by atoms with Gasteiger partial charge in [-0.25, -0.2) is 4.79 Å². The van der Waals surface area contributed by atoms with E-state index in [2.05, 4.69) is 9.51 Å². The van der Waals surface area contributed by atoms with Crippen molar-refractivity contribution in [2.45, 2.75) is 51.0 Å². The van der Waals surface area contributed by atoms with Crippen molar-refractivity contribution >= 4 is 26.1 Å². The molecule has 31 heavy (non-hydrogen) atoms. The smallest absolute Gasteiger partial charge is 0.351 e. The van der Waals surface area contributed by atoms with Gasteiger partial charge in [0, 0.05) is 38.2 Å². The number of nitrogens with one attached hydrogen (secondary N) is 1. The topological polar surface area (TPSA) is 149 Å². The number of H-pyrrole nitrogens is 1. The number of rotatable bonds is 8. The van der Waals surface area contributed by atoms with E-state index in [1.54, 1.807) is 20.8 Å². The lowest BCUT2D eigenvalue weighted by molar-refractivity contribution is -0.0211. The van der Waals surface area contributed by atoms with E-state index in [9.17, 15) is 23.9 Å². The molecule has 0 amide bonds. The Kier molecular flexibility index (Phi) is 8.41. The van der Waals surface area contributed by atoms with Gasteiger partial charge in [-0.2, -0.15) is 0 Å². The molecule has 1 aliphatic carbocycles. The first kappa shape index (κ1) is 26.3. The number of methoxy groups -OCH3 is 1. The van der Waals surface area contributed by atoms with Crippen LogP contribution in [0.2, 0.25) is 0 Å². The fourth-order valence-electron chi connectivity index (χ4n) is 3.40. The molecule has 1 saturated carbocycles. The zero-order valence-corrected chi connectivity index (χ0v) is 20.4. The standard InChI is InChI=1S/C17H28N2O9P2S/c1-17(2,3)28-30(24,31)27-15-12(19-8-6-13(20)18-16(19)21)10-11(14(15)25-4)7-9-29(22,23)26-5/h6-9,11-12,14-15H,10H2,1-5H3,(H,22,23)(H,24,31)(H,18,20,21)/b9-7+/t11-,12+,14+,15-,30?/m0/s1. The summed E-state index contributed by atoms with van der Waals surface area (Å²) in [6.45, 7) is 1.34. The Labute approximate surface area is 184 Å². The van der Waals surface area contributed by atoms with E-state index >= 15 is 0 Å². The molecular formula is C17H28N2O9P2S. The van der Waals surface area contributed by atoms with Crippen LogP contribution in [0.25, 0.3) is 0 Å². The van der Waals surface area contributed by atoms with Crippen molar-refractivity contribution < 1.29 is 32.7 Å². The second kappa shape index (κ2) is 9.91. The highest BCUT2D eigenvalue weighted by Crippen LogP contribution is 2.54. The summed E-state index contributed by atoms with van der Waals surface area (Å²) >= 11 is 5.17. The Morgan fingerprint density at radius 1 is 1.26 bits per heavy atom. The van der Waals surface area contributed by atoms with Crippen molar-refractivity contribution in [2.24, 2.45) is 5.92 Å². The molecule has 6 atom stereocenters. The van der Waals surface area contributed by atoms with Crippen LogP contribution in [0.1, 0.15) is 33.2 Å². The second-order valence-electron chi connectivity index (χ2n) is 8.02. The van der Waals surface area contributed by atoms with Gasteiger partial charge in [0.2, 0.25) is 0 Å². The highest BCUT2D eigenvalue weighted by atomic mass is 32.5. The molecule has 0 radical (unpaired) electrons. The highest BCUT2D eigenvalue weighted by molar-refractivity contribution is 8.07. The molecule has 1 aliphatic rings. The van der Waals surface area contributed by atoms with Crippen LogP contribution in [-0.4, -0.2) is 51.4 Å². The summed E-state index contributed by atoms with van der Waals surface area (Å²) in [7, 11) is -1.43. The molecule has 2 rings (SSSR count). The summed E-state index contributed by atoms with van der Waals surface area (Å²) in [5.41, 5.74) is -2.05. The van der Waals surface area contributed by atoms with Crippen molar-refractivity contribution in [3.8, 4) is 0 Å². The molecule has 3 N–H and O–H groups in total. The number of hydrogen-bond acceptors (Lipinski definition) is 8. The summed E-state index contributed by atoms with van der Waals surface area (Å²) in [6, 6.07) is 0.458. The number of aromatic nitrogens is 2. The molecule has 11 nitrogen and oxygen atoms in total. The summed E-state index contributed by atoms with van der Waals surface area (Å²) in [6.07, 6.45) is 1.26. The Hall–Kier alpha value is -0.940. The van der Waals surface area contributed by atoms with Gasteiger partial charge >= 0.3 is 20.0 Å². The van der Waals surface area contributed by atoms with Crippen molar-refractivity contribution in [3.05, 3.63) is 45.0 Å². The van der Waals surface area contributed by atoms with Crippen molar-refractivity contribution in [2.75, 3.05) is 14.2 Å². The largest absolute Gasteiger partial charge is 0.378 e. The van der Waals surface area contributed by atoms with Crippen LogP contribution >= 0.6 is 14.3 Å². The number of ether oxygens (including phenoxy) is 1. The predicted molar refractivity (Wildman–Crippen MR) is 117 cm³/mol. The van der Waals surface area contributed by atoms with Crippen molar-refractivity contribution in [1.29, 1.82) is 0 Å². The minimum absolute atomic E-state index is 0.222. The molecule has 1 heterocycles. The Balaban J connectivity index is 2.48. The SMILES string of the molecule is CO[C@H]1[C@@H](OP(O)(=S)OC(C)(C)C)[C@H](n2ccc(=O)[nH]c2=O)C[C@@H]1/C=C/P(=O)(O)OC. The van der Waals surface area contributed by atoms with Gasteiger partial charge in [0.05, 0.1) is 17.7 Å². The van der Waals surface area contributed by atoms with Crippen LogP contribution in [0.5, 0.6) is 0 Å². The van der Waals surface area contributed by atoms with Gasteiger partial charge in [-0.15, -0.1) is 0 Å². The third-order valence-corrected chi connectivity index (χ3v) is 7.39. The maximum atomic E-state index is 12.4. The third kappa shape index (κ3) is 7.28. The van der Waals surface area contributed by atoms with E-state index in [1.807, 2.05) is 0 Å². The van der Waals surface area contributed by atoms with E-state index in [0.717, 1.165) is 12.9 Å². The second-order valence-corrected chi connectivity index (χ2v) is 12.5. The number of aromatic amines is 1. The molecule has 1 fully saturated rings. The first-order chi connectivity index (χ1) is 14.2. The summed E-state index contributed by atoms with van der Waals surface area (Å²) < 4.78 is 34.5.